The van der Waals surface area contributed by atoms with Gasteiger partial charge in [0.05, 0.1) is 0 Å². The van der Waals surface area contributed by atoms with Crippen molar-refractivity contribution >= 4 is 23.9 Å². The predicted molar refractivity (Wildman–Crippen MR) is 53.6 cm³/mol. The Morgan fingerprint density at radius 1 is 1.41 bits per heavy atom. The number of likely N-dealkylation sites (N-methyl/N-ethyl adjacent to an activating group) is 1. The molecule has 1 aliphatic heterocycles. The quantitative estimate of drug-likeness (QED) is 0.382. The Bertz CT molecular complexity index is 395. The molecule has 1 atom stereocenters. The normalized spacial score (nSPS) is 23.4. The summed E-state index contributed by atoms with van der Waals surface area (Å²) < 4.78 is 4.80. The molecule has 0 aromatic carbocycles. The molecule has 6 amide bonds. The number of rotatable bonds is 2. The van der Waals surface area contributed by atoms with E-state index in [1.165, 1.54) is 14.1 Å². The Labute approximate surface area is 96.5 Å². The second kappa shape index (κ2) is 4.37. The van der Waals surface area contributed by atoms with Crippen LogP contribution in [0.4, 0.5) is 9.59 Å². The highest BCUT2D eigenvalue weighted by molar-refractivity contribution is 6.20. The molecular formula is C8H12N4O5. The average Bonchev–Trinajstić information content (AvgIpc) is 2.50. The molecule has 0 aliphatic carbocycles. The van der Waals surface area contributed by atoms with Crippen molar-refractivity contribution in [3.8, 4) is 0 Å². The lowest BCUT2D eigenvalue weighted by Crippen LogP contribution is -2.62. The van der Waals surface area contributed by atoms with Crippen LogP contribution in [-0.2, 0) is 14.3 Å². The van der Waals surface area contributed by atoms with Crippen molar-refractivity contribution in [2.75, 3.05) is 21.2 Å². The molecule has 1 aliphatic rings. The van der Waals surface area contributed by atoms with E-state index in [-0.39, 0.29) is 0 Å². The van der Waals surface area contributed by atoms with Gasteiger partial charge >= 0.3 is 17.8 Å². The maximum atomic E-state index is 11.8. The summed E-state index contributed by atoms with van der Waals surface area (Å²) in [6.07, 6.45) is 0. The highest BCUT2D eigenvalue weighted by Crippen LogP contribution is 2.21. The highest BCUT2D eigenvalue weighted by atomic mass is 16.5. The number of imide groups is 2. The van der Waals surface area contributed by atoms with Crippen LogP contribution in [0.5, 0.6) is 0 Å². The first-order valence-corrected chi connectivity index (χ1v) is 4.57. The van der Waals surface area contributed by atoms with E-state index in [9.17, 15) is 19.2 Å². The van der Waals surface area contributed by atoms with Crippen LogP contribution in [0.15, 0.2) is 0 Å². The Balaban J connectivity index is 3.04. The van der Waals surface area contributed by atoms with Crippen molar-refractivity contribution in [1.82, 2.24) is 20.9 Å². The number of ether oxygens (including phenoxy) is 1. The van der Waals surface area contributed by atoms with Crippen molar-refractivity contribution in [3.63, 3.8) is 0 Å². The molecule has 1 fully saturated rings. The van der Waals surface area contributed by atoms with Gasteiger partial charge in [-0.3, -0.25) is 25.1 Å². The number of hydrogen-bond donors (Lipinski definition) is 3. The fourth-order valence-electron chi connectivity index (χ4n) is 1.39. The van der Waals surface area contributed by atoms with E-state index in [2.05, 4.69) is 5.32 Å². The number of nitrogens with one attached hydrogen (secondary N) is 3. The molecule has 0 saturated carbocycles. The molecule has 17 heavy (non-hydrogen) atoms. The monoisotopic (exact) mass is 244 g/mol. The number of carbonyl (C=O) groups excluding carboxylic acids is 4. The fourth-order valence-corrected chi connectivity index (χ4v) is 1.39. The molecule has 1 saturated heterocycles. The van der Waals surface area contributed by atoms with Crippen LogP contribution in [0.1, 0.15) is 0 Å². The largest absolute Gasteiger partial charge is 0.343 e. The van der Waals surface area contributed by atoms with Gasteiger partial charge in [-0.15, -0.1) is 0 Å². The van der Waals surface area contributed by atoms with Gasteiger partial charge in [-0.05, 0) is 0 Å². The van der Waals surface area contributed by atoms with Crippen molar-refractivity contribution < 1.29 is 23.9 Å². The van der Waals surface area contributed by atoms with E-state index in [0.717, 1.165) is 12.0 Å². The Kier molecular flexibility index (Phi) is 3.32. The molecule has 3 N–H and O–H groups in total. The number of nitrogens with zero attached hydrogens (tertiary/aromatic N) is 1. The molecular weight excluding hydrogens is 232 g/mol. The fraction of sp³-hybridized carbons (Fsp3) is 0.500. The minimum absolute atomic E-state index is 0.771. The minimum atomic E-state index is -2.16. The van der Waals surface area contributed by atoms with Gasteiger partial charge < -0.3 is 10.1 Å². The van der Waals surface area contributed by atoms with Gasteiger partial charge in [0.15, 0.2) is 0 Å². The van der Waals surface area contributed by atoms with Crippen LogP contribution < -0.4 is 16.0 Å². The lowest BCUT2D eigenvalue weighted by Gasteiger charge is -2.28. The average molecular weight is 244 g/mol. The van der Waals surface area contributed by atoms with Crippen LogP contribution in [0.2, 0.25) is 0 Å². The van der Waals surface area contributed by atoms with E-state index < -0.39 is 29.6 Å². The van der Waals surface area contributed by atoms with Crippen LogP contribution in [0.25, 0.3) is 0 Å². The summed E-state index contributed by atoms with van der Waals surface area (Å²) in [5, 5.41) is 5.93. The van der Waals surface area contributed by atoms with Gasteiger partial charge in [0.25, 0.3) is 11.8 Å². The first-order valence-electron chi connectivity index (χ1n) is 4.57. The molecule has 0 radical (unpaired) electrons. The first-order chi connectivity index (χ1) is 7.90. The van der Waals surface area contributed by atoms with Crippen LogP contribution in [0, 0.1) is 0 Å². The van der Waals surface area contributed by atoms with Crippen molar-refractivity contribution in [2.45, 2.75) is 5.72 Å². The molecule has 0 aromatic heterocycles. The zero-order valence-electron chi connectivity index (χ0n) is 9.49. The van der Waals surface area contributed by atoms with Crippen molar-refractivity contribution in [3.05, 3.63) is 0 Å². The Hall–Kier alpha value is -2.16. The second-order valence-corrected chi connectivity index (χ2v) is 3.20. The van der Waals surface area contributed by atoms with Gasteiger partial charge in [-0.1, -0.05) is 0 Å². The van der Waals surface area contributed by atoms with E-state index in [4.69, 9.17) is 4.74 Å². The van der Waals surface area contributed by atoms with E-state index in [0.29, 0.717) is 0 Å². The lowest BCUT2D eigenvalue weighted by molar-refractivity contribution is -0.166. The first kappa shape index (κ1) is 12.9. The summed E-state index contributed by atoms with van der Waals surface area (Å²) in [5.74, 6) is -2.00. The van der Waals surface area contributed by atoms with Gasteiger partial charge in [0, 0.05) is 21.2 Å². The summed E-state index contributed by atoms with van der Waals surface area (Å²) >= 11 is 0. The third-order valence-corrected chi connectivity index (χ3v) is 2.36. The molecule has 0 bridgehead atoms. The summed E-state index contributed by atoms with van der Waals surface area (Å²) in [7, 11) is 3.58. The summed E-state index contributed by atoms with van der Waals surface area (Å²) in [6.45, 7) is 0. The predicted octanol–water partition coefficient (Wildman–Crippen LogP) is -2.03. The van der Waals surface area contributed by atoms with E-state index >= 15 is 0 Å². The number of amides is 6. The standard InChI is InChI=1S/C8H12N4O5/c1-9-6(15)10-4(13)8(17-3)5(14)11-7(16)12(8)2/h1-3H3,(H,11,14,16)(H2,9,10,13,15). The third kappa shape index (κ3) is 1.80. The van der Waals surface area contributed by atoms with Crippen LogP contribution >= 0.6 is 0 Å². The third-order valence-electron chi connectivity index (χ3n) is 2.36. The molecule has 1 unspecified atom stereocenters. The van der Waals surface area contributed by atoms with E-state index in [1.807, 2.05) is 10.6 Å². The highest BCUT2D eigenvalue weighted by Gasteiger charge is 2.58. The Morgan fingerprint density at radius 2 is 2.00 bits per heavy atom. The van der Waals surface area contributed by atoms with Crippen LogP contribution in [0.3, 0.4) is 0 Å². The van der Waals surface area contributed by atoms with Gasteiger partial charge in [-0.2, -0.15) is 0 Å². The molecule has 1 rings (SSSR count). The maximum Gasteiger partial charge on any atom is 0.327 e. The molecule has 9 heteroatoms. The minimum Gasteiger partial charge on any atom is -0.343 e. The summed E-state index contributed by atoms with van der Waals surface area (Å²) in [5.41, 5.74) is -2.16. The zero-order valence-corrected chi connectivity index (χ0v) is 9.49. The summed E-state index contributed by atoms with van der Waals surface area (Å²) in [6, 6.07) is -1.60. The molecule has 0 aromatic rings. The Morgan fingerprint density at radius 3 is 2.35 bits per heavy atom. The smallest absolute Gasteiger partial charge is 0.327 e. The van der Waals surface area contributed by atoms with E-state index in [1.54, 1.807) is 0 Å². The number of carbonyl (C=O) groups is 4. The number of urea groups is 2. The van der Waals surface area contributed by atoms with Crippen molar-refractivity contribution in [1.29, 1.82) is 0 Å². The SMILES string of the molecule is CNC(=O)NC(=O)C1(OC)C(=O)NC(=O)N1C. The van der Waals surface area contributed by atoms with Crippen LogP contribution in [-0.4, -0.2) is 55.7 Å². The molecule has 1 heterocycles. The van der Waals surface area contributed by atoms with Crippen molar-refractivity contribution in [2.24, 2.45) is 0 Å². The maximum absolute atomic E-state index is 11.8. The van der Waals surface area contributed by atoms with Gasteiger partial charge in [-0.25, -0.2) is 9.59 Å². The molecule has 9 nitrogen and oxygen atoms in total. The topological polar surface area (TPSA) is 117 Å². The number of hydrogen-bond acceptors (Lipinski definition) is 5. The molecule has 0 spiro atoms. The second-order valence-electron chi connectivity index (χ2n) is 3.20. The summed E-state index contributed by atoms with van der Waals surface area (Å²) in [4.78, 5) is 46.4. The zero-order chi connectivity index (χ0) is 13.2. The molecule has 94 valence electrons. The van der Waals surface area contributed by atoms with Gasteiger partial charge in [0.1, 0.15) is 0 Å². The van der Waals surface area contributed by atoms with Gasteiger partial charge in [0.2, 0.25) is 0 Å². The lowest BCUT2D eigenvalue weighted by atomic mass is 10.2. The number of methoxy groups -OCH3 is 1.